The van der Waals surface area contributed by atoms with Crippen LogP contribution in [0.1, 0.15) is 22.6 Å². The summed E-state index contributed by atoms with van der Waals surface area (Å²) in [6.45, 7) is 1.77. The van der Waals surface area contributed by atoms with E-state index in [2.05, 4.69) is 20.0 Å². The molecule has 140 valence electrons. The third-order valence-electron chi connectivity index (χ3n) is 3.13. The van der Waals surface area contributed by atoms with Gasteiger partial charge in [0.1, 0.15) is 11.0 Å². The molecule has 2 heterocycles. The van der Waals surface area contributed by atoms with E-state index in [0.29, 0.717) is 5.00 Å². The molecule has 0 fully saturated rings. The van der Waals surface area contributed by atoms with Gasteiger partial charge in [-0.25, -0.2) is 4.98 Å². The first kappa shape index (κ1) is 19.4. The molecule has 0 radical (unpaired) electrons. The number of aromatic nitrogens is 2. The zero-order chi connectivity index (χ0) is 19.5. The second kappa shape index (κ2) is 7.56. The van der Waals surface area contributed by atoms with E-state index in [1.807, 2.05) is 0 Å². The molecule has 0 aliphatic heterocycles. The van der Waals surface area contributed by atoms with Crippen LogP contribution in [0.2, 0.25) is 0 Å². The summed E-state index contributed by atoms with van der Waals surface area (Å²) in [7, 11) is 0. The van der Waals surface area contributed by atoms with Gasteiger partial charge in [0.25, 0.3) is 5.91 Å². The Morgan fingerprint density at radius 1 is 1.31 bits per heavy atom. The first-order chi connectivity index (χ1) is 12.0. The number of amides is 2. The van der Waals surface area contributed by atoms with Crippen LogP contribution in [-0.4, -0.2) is 33.4 Å². The Morgan fingerprint density at radius 2 is 2.00 bits per heavy atom. The molecule has 0 bridgehead atoms. The summed E-state index contributed by atoms with van der Waals surface area (Å²) in [5.74, 6) is -2.00. The molecule has 8 nitrogen and oxygen atoms in total. The van der Waals surface area contributed by atoms with Gasteiger partial charge in [-0.2, -0.15) is 17.5 Å². The first-order valence-electron chi connectivity index (χ1n) is 7.18. The number of anilines is 3. The Bertz CT molecular complexity index is 823. The van der Waals surface area contributed by atoms with Crippen LogP contribution in [0.25, 0.3) is 0 Å². The quantitative estimate of drug-likeness (QED) is 0.572. The monoisotopic (exact) mass is 388 g/mol. The number of nitrogens with two attached hydrogens (primary N) is 2. The van der Waals surface area contributed by atoms with Crippen molar-refractivity contribution in [3.63, 3.8) is 0 Å². The first-order valence-corrected chi connectivity index (χ1v) is 7.95. The summed E-state index contributed by atoms with van der Waals surface area (Å²) in [5, 5.41) is 5.83. The molecule has 0 aromatic carbocycles. The normalized spacial score (nSPS) is 12.5. The Labute approximate surface area is 149 Å². The smallest absolute Gasteiger partial charge is 0.372 e. The molecule has 2 amide bonds. The van der Waals surface area contributed by atoms with Crippen molar-refractivity contribution < 1.29 is 22.8 Å². The molecular weight excluding hydrogens is 373 g/mol. The minimum atomic E-state index is -4.59. The fourth-order valence-electron chi connectivity index (χ4n) is 2.05. The predicted octanol–water partition coefficient (Wildman–Crippen LogP) is 1.91. The lowest BCUT2D eigenvalue weighted by atomic mass is 10.1. The van der Waals surface area contributed by atoms with Gasteiger partial charge >= 0.3 is 6.18 Å². The van der Waals surface area contributed by atoms with E-state index >= 15 is 0 Å². The van der Waals surface area contributed by atoms with Crippen LogP contribution in [0.3, 0.4) is 0 Å². The maximum absolute atomic E-state index is 12.6. The third-order valence-corrected chi connectivity index (χ3v) is 3.92. The lowest BCUT2D eigenvalue weighted by molar-refractivity contribution is -0.144. The van der Waals surface area contributed by atoms with Gasteiger partial charge in [0, 0.05) is 0 Å². The number of hydrogen-bond donors (Lipinski definition) is 4. The zero-order valence-corrected chi connectivity index (χ0v) is 14.2. The average molecular weight is 388 g/mol. The molecule has 1 atom stereocenters. The predicted molar refractivity (Wildman–Crippen MR) is 90.2 cm³/mol. The highest BCUT2D eigenvalue weighted by molar-refractivity contribution is 7.10. The highest BCUT2D eigenvalue weighted by Crippen LogP contribution is 2.27. The summed E-state index contributed by atoms with van der Waals surface area (Å²) in [6, 6.07) is 1.33. The summed E-state index contributed by atoms with van der Waals surface area (Å²) >= 11 is 1.11. The van der Waals surface area contributed by atoms with Crippen molar-refractivity contribution in [2.24, 2.45) is 11.5 Å². The van der Waals surface area contributed by atoms with Crippen LogP contribution in [-0.2, 0) is 4.79 Å². The lowest BCUT2D eigenvalue weighted by Crippen LogP contribution is -2.39. The second-order valence-corrected chi connectivity index (χ2v) is 6.17. The van der Waals surface area contributed by atoms with Crippen molar-refractivity contribution >= 4 is 39.7 Å². The molecule has 2 aromatic heterocycles. The number of alkyl halides is 3. The van der Waals surface area contributed by atoms with Crippen LogP contribution in [0.4, 0.5) is 29.5 Å². The molecule has 0 aliphatic rings. The van der Waals surface area contributed by atoms with Crippen LogP contribution in [0.5, 0.6) is 0 Å². The fraction of sp³-hybridized carbons (Fsp3) is 0.286. The van der Waals surface area contributed by atoms with Gasteiger partial charge in [-0.15, -0.1) is 0 Å². The number of nitrogens with one attached hydrogen (secondary N) is 2. The van der Waals surface area contributed by atoms with E-state index in [4.69, 9.17) is 11.5 Å². The zero-order valence-electron chi connectivity index (χ0n) is 13.4. The topological polar surface area (TPSA) is 136 Å². The van der Waals surface area contributed by atoms with Crippen molar-refractivity contribution in [1.82, 2.24) is 9.36 Å². The van der Waals surface area contributed by atoms with Gasteiger partial charge in [0.05, 0.1) is 29.7 Å². The van der Waals surface area contributed by atoms with Crippen LogP contribution in [0.15, 0.2) is 18.3 Å². The van der Waals surface area contributed by atoms with Crippen LogP contribution in [0, 0.1) is 6.92 Å². The molecule has 0 saturated carbocycles. The highest BCUT2D eigenvalue weighted by atomic mass is 32.1. The third kappa shape index (κ3) is 5.31. The van der Waals surface area contributed by atoms with Crippen molar-refractivity contribution in [3.05, 3.63) is 29.7 Å². The minimum Gasteiger partial charge on any atom is -0.372 e. The van der Waals surface area contributed by atoms with E-state index in [1.54, 1.807) is 13.0 Å². The highest BCUT2D eigenvalue weighted by Gasteiger charge is 2.34. The molecular formula is C14H15F3N6O2S. The number of primary amides is 2. The molecule has 0 unspecified atom stereocenters. The summed E-state index contributed by atoms with van der Waals surface area (Å²) in [6.07, 6.45) is -4.94. The molecule has 2 rings (SSSR count). The van der Waals surface area contributed by atoms with Crippen LogP contribution < -0.4 is 22.1 Å². The van der Waals surface area contributed by atoms with E-state index in [1.165, 1.54) is 6.07 Å². The molecule has 0 aliphatic carbocycles. The number of hydrogen-bond acceptors (Lipinski definition) is 7. The molecule has 12 heteroatoms. The number of halogens is 3. The summed E-state index contributed by atoms with van der Waals surface area (Å²) in [5.41, 5.74) is 11.1. The Morgan fingerprint density at radius 3 is 2.50 bits per heavy atom. The molecule has 26 heavy (non-hydrogen) atoms. The van der Waals surface area contributed by atoms with Gasteiger partial charge in [-0.05, 0) is 30.6 Å². The largest absolute Gasteiger partial charge is 0.391 e. The summed E-state index contributed by atoms with van der Waals surface area (Å²) < 4.78 is 41.8. The number of aryl methyl sites for hydroxylation is 1. The lowest BCUT2D eigenvalue weighted by Gasteiger charge is -2.19. The number of carbonyl (C=O) groups excluding carboxylic acids is 2. The number of pyridine rings is 1. The number of rotatable bonds is 7. The van der Waals surface area contributed by atoms with Crippen molar-refractivity contribution in [2.75, 3.05) is 10.6 Å². The molecule has 0 spiro atoms. The van der Waals surface area contributed by atoms with Gasteiger partial charge < -0.3 is 22.1 Å². The Hall–Kier alpha value is -2.89. The van der Waals surface area contributed by atoms with Crippen molar-refractivity contribution in [1.29, 1.82) is 0 Å². The van der Waals surface area contributed by atoms with Gasteiger partial charge in [-0.1, -0.05) is 0 Å². The average Bonchev–Trinajstić information content (AvgIpc) is 2.90. The SMILES string of the molecule is Cc1cc(Nc2cc(N[C@H](CC(F)(F)F)C(N)=O)cnc2C(N)=O)sn1. The summed E-state index contributed by atoms with van der Waals surface area (Å²) in [4.78, 5) is 26.6. The van der Waals surface area contributed by atoms with Gasteiger partial charge in [-0.3, -0.25) is 9.59 Å². The number of carbonyl (C=O) groups is 2. The van der Waals surface area contributed by atoms with E-state index in [0.717, 1.165) is 23.4 Å². The molecule has 6 N–H and O–H groups in total. The molecule has 0 saturated heterocycles. The van der Waals surface area contributed by atoms with E-state index < -0.39 is 30.5 Å². The maximum Gasteiger partial charge on any atom is 0.391 e. The maximum atomic E-state index is 12.6. The van der Waals surface area contributed by atoms with Crippen molar-refractivity contribution in [2.45, 2.75) is 25.6 Å². The Balaban J connectivity index is 2.30. The van der Waals surface area contributed by atoms with Gasteiger partial charge in [0.15, 0.2) is 5.69 Å². The van der Waals surface area contributed by atoms with E-state index in [9.17, 15) is 22.8 Å². The second-order valence-electron chi connectivity index (χ2n) is 5.36. The minimum absolute atomic E-state index is 0.0618. The molecule has 2 aromatic rings. The van der Waals surface area contributed by atoms with Gasteiger partial charge in [0.2, 0.25) is 5.91 Å². The van der Waals surface area contributed by atoms with Crippen LogP contribution >= 0.6 is 11.5 Å². The number of nitrogens with zero attached hydrogens (tertiary/aromatic N) is 2. The standard InChI is InChI=1S/C14H15F3N6O2S/c1-6-2-10(26-23-6)22-8-3-7(5-20-11(8)13(19)25)21-9(12(18)24)4-14(15,16)17/h2-3,5,9,21-22H,4H2,1H3,(H2,18,24)(H2,19,25)/t9-/m1/s1. The van der Waals surface area contributed by atoms with Crippen molar-refractivity contribution in [3.8, 4) is 0 Å². The Kier molecular flexibility index (Phi) is 5.65. The van der Waals surface area contributed by atoms with E-state index in [-0.39, 0.29) is 17.1 Å². The fourth-order valence-corrected chi connectivity index (χ4v) is 2.72.